The topological polar surface area (TPSA) is 92.8 Å². The van der Waals surface area contributed by atoms with Crippen molar-refractivity contribution >= 4 is 28.0 Å². The number of benzene rings is 1. The quantitative estimate of drug-likeness (QED) is 0.526. The van der Waals surface area contributed by atoms with Crippen molar-refractivity contribution in [2.24, 2.45) is 0 Å². The molecule has 8 heteroatoms. The maximum atomic E-state index is 12.8. The average Bonchev–Trinajstić information content (AvgIpc) is 3.08. The van der Waals surface area contributed by atoms with Crippen molar-refractivity contribution in [2.75, 3.05) is 19.7 Å². The Bertz CT molecular complexity index is 850. The number of ether oxygens (including phenoxy) is 1. The Morgan fingerprint density at radius 2 is 1.63 bits per heavy atom. The van der Waals surface area contributed by atoms with E-state index < -0.39 is 16.0 Å². The maximum absolute atomic E-state index is 12.8. The Hall–Kier alpha value is -2.19. The summed E-state index contributed by atoms with van der Waals surface area (Å²) in [7, 11) is -3.49. The molecule has 0 aromatic heterocycles. The molecule has 0 atom stereocenters. The van der Waals surface area contributed by atoms with Crippen LogP contribution in [0.4, 0.5) is 0 Å². The van der Waals surface area contributed by atoms with Crippen LogP contribution in [0.25, 0.3) is 6.08 Å². The summed E-state index contributed by atoms with van der Waals surface area (Å²) >= 11 is 0. The van der Waals surface area contributed by atoms with E-state index in [4.69, 9.17) is 4.74 Å². The molecule has 1 aromatic carbocycles. The first-order chi connectivity index (χ1) is 14.4. The standard InChI is InChI=1S/C22H30N2O5S/c25-21(23-19-7-3-4-8-19)17-29-22(26)14-11-18-9-12-20(13-10-18)30(27,28)24-15-5-1-2-6-16-24/h9-14,19H,1-8,15-17H2,(H,23,25). The molecule has 2 aliphatic rings. The second-order valence-corrected chi connectivity index (χ2v) is 9.82. The summed E-state index contributed by atoms with van der Waals surface area (Å²) in [5, 5.41) is 2.86. The number of nitrogens with zero attached hydrogens (tertiary/aromatic N) is 1. The van der Waals surface area contributed by atoms with Gasteiger partial charge in [-0.2, -0.15) is 4.31 Å². The van der Waals surface area contributed by atoms with Gasteiger partial charge in [0.2, 0.25) is 10.0 Å². The number of esters is 1. The zero-order valence-corrected chi connectivity index (χ0v) is 18.0. The lowest BCUT2D eigenvalue weighted by molar-refractivity contribution is -0.144. The molecule has 0 spiro atoms. The van der Waals surface area contributed by atoms with Crippen LogP contribution < -0.4 is 5.32 Å². The van der Waals surface area contributed by atoms with Gasteiger partial charge in [-0.25, -0.2) is 13.2 Å². The molecule has 1 amide bonds. The first-order valence-electron chi connectivity index (χ1n) is 10.7. The molecule has 1 heterocycles. The number of rotatable bonds is 7. The first kappa shape index (κ1) is 22.5. The van der Waals surface area contributed by atoms with E-state index in [0.717, 1.165) is 51.4 Å². The highest BCUT2D eigenvalue weighted by Crippen LogP contribution is 2.21. The molecule has 0 radical (unpaired) electrons. The summed E-state index contributed by atoms with van der Waals surface area (Å²) in [6.45, 7) is 0.820. The third kappa shape index (κ3) is 6.40. The minimum atomic E-state index is -3.49. The van der Waals surface area contributed by atoms with Crippen LogP contribution in [0, 0.1) is 0 Å². The summed E-state index contributed by atoms with van der Waals surface area (Å²) in [6, 6.07) is 6.61. The number of carbonyl (C=O) groups excluding carboxylic acids is 2. The fraction of sp³-hybridized carbons (Fsp3) is 0.545. The van der Waals surface area contributed by atoms with E-state index in [1.165, 1.54) is 6.08 Å². The Morgan fingerprint density at radius 3 is 2.27 bits per heavy atom. The first-order valence-corrected chi connectivity index (χ1v) is 12.1. The Balaban J connectivity index is 1.49. The molecule has 1 aliphatic carbocycles. The molecule has 7 nitrogen and oxygen atoms in total. The van der Waals surface area contributed by atoms with Gasteiger partial charge < -0.3 is 10.1 Å². The molecule has 1 aliphatic heterocycles. The van der Waals surface area contributed by atoms with E-state index >= 15 is 0 Å². The Morgan fingerprint density at radius 1 is 1.00 bits per heavy atom. The van der Waals surface area contributed by atoms with E-state index in [2.05, 4.69) is 5.32 Å². The molecule has 0 bridgehead atoms. The molecule has 30 heavy (non-hydrogen) atoms. The molecule has 164 valence electrons. The lowest BCUT2D eigenvalue weighted by Crippen LogP contribution is -2.35. The van der Waals surface area contributed by atoms with Crippen LogP contribution in [0.15, 0.2) is 35.2 Å². The van der Waals surface area contributed by atoms with E-state index in [1.807, 2.05) is 0 Å². The smallest absolute Gasteiger partial charge is 0.331 e. The predicted molar refractivity (Wildman–Crippen MR) is 114 cm³/mol. The second-order valence-electron chi connectivity index (χ2n) is 7.88. The lowest BCUT2D eigenvalue weighted by atomic mass is 10.2. The number of carbonyl (C=O) groups is 2. The minimum Gasteiger partial charge on any atom is -0.452 e. The van der Waals surface area contributed by atoms with Gasteiger partial charge in [-0.05, 0) is 49.5 Å². The monoisotopic (exact) mass is 434 g/mol. The highest BCUT2D eigenvalue weighted by atomic mass is 32.2. The van der Waals surface area contributed by atoms with Gasteiger partial charge in [0.25, 0.3) is 5.91 Å². The molecule has 1 saturated heterocycles. The largest absolute Gasteiger partial charge is 0.452 e. The highest BCUT2D eigenvalue weighted by molar-refractivity contribution is 7.89. The van der Waals surface area contributed by atoms with Crippen molar-refractivity contribution < 1.29 is 22.7 Å². The van der Waals surface area contributed by atoms with Gasteiger partial charge in [0.15, 0.2) is 6.61 Å². The second kappa shape index (κ2) is 10.7. The molecule has 2 fully saturated rings. The van der Waals surface area contributed by atoms with E-state index in [0.29, 0.717) is 18.7 Å². The number of nitrogens with one attached hydrogen (secondary N) is 1. The van der Waals surface area contributed by atoms with E-state index in [-0.39, 0.29) is 23.5 Å². The van der Waals surface area contributed by atoms with Gasteiger partial charge in [0.05, 0.1) is 4.90 Å². The summed E-state index contributed by atoms with van der Waals surface area (Å²) < 4.78 is 32.1. The summed E-state index contributed by atoms with van der Waals surface area (Å²) in [6.07, 6.45) is 10.9. The third-order valence-corrected chi connectivity index (χ3v) is 7.47. The molecular formula is C22H30N2O5S. The van der Waals surface area contributed by atoms with Gasteiger partial charge in [0.1, 0.15) is 0 Å². The molecular weight excluding hydrogens is 404 g/mol. The third-order valence-electron chi connectivity index (χ3n) is 5.56. The summed E-state index contributed by atoms with van der Waals surface area (Å²) in [5.74, 6) is -0.899. The van der Waals surface area contributed by atoms with Gasteiger partial charge in [0, 0.05) is 25.2 Å². The molecule has 3 rings (SSSR count). The number of hydrogen-bond donors (Lipinski definition) is 1. The van der Waals surface area contributed by atoms with Crippen molar-refractivity contribution in [3.8, 4) is 0 Å². The molecule has 0 unspecified atom stereocenters. The van der Waals surface area contributed by atoms with Crippen LogP contribution in [-0.2, 0) is 24.3 Å². The van der Waals surface area contributed by atoms with Gasteiger partial charge in [-0.3, -0.25) is 4.79 Å². The van der Waals surface area contributed by atoms with Crippen LogP contribution in [0.3, 0.4) is 0 Å². The fourth-order valence-electron chi connectivity index (χ4n) is 3.87. The normalized spacial score (nSPS) is 18.9. The van der Waals surface area contributed by atoms with Crippen LogP contribution in [0.5, 0.6) is 0 Å². The number of sulfonamides is 1. The van der Waals surface area contributed by atoms with Gasteiger partial charge in [-0.15, -0.1) is 0 Å². The minimum absolute atomic E-state index is 0.191. The molecule has 1 aromatic rings. The van der Waals surface area contributed by atoms with Gasteiger partial charge >= 0.3 is 5.97 Å². The summed E-state index contributed by atoms with van der Waals surface area (Å²) in [5.41, 5.74) is 0.678. The zero-order valence-electron chi connectivity index (χ0n) is 17.2. The maximum Gasteiger partial charge on any atom is 0.331 e. The van der Waals surface area contributed by atoms with Crippen LogP contribution in [-0.4, -0.2) is 50.3 Å². The SMILES string of the molecule is O=C(COC(=O)C=Cc1ccc(S(=O)(=O)N2CCCCCC2)cc1)NC1CCCC1. The summed E-state index contributed by atoms with van der Waals surface area (Å²) in [4.78, 5) is 23.9. The van der Waals surface area contributed by atoms with Crippen molar-refractivity contribution in [3.05, 3.63) is 35.9 Å². The van der Waals surface area contributed by atoms with Crippen LogP contribution in [0.2, 0.25) is 0 Å². The van der Waals surface area contributed by atoms with Crippen molar-refractivity contribution in [1.29, 1.82) is 0 Å². The van der Waals surface area contributed by atoms with E-state index in [1.54, 1.807) is 34.6 Å². The van der Waals surface area contributed by atoms with Crippen molar-refractivity contribution in [1.82, 2.24) is 9.62 Å². The number of amides is 1. The Labute approximate surface area is 178 Å². The zero-order chi connectivity index (χ0) is 21.4. The van der Waals surface area contributed by atoms with E-state index in [9.17, 15) is 18.0 Å². The van der Waals surface area contributed by atoms with Crippen LogP contribution >= 0.6 is 0 Å². The molecule has 1 saturated carbocycles. The van der Waals surface area contributed by atoms with Gasteiger partial charge in [-0.1, -0.05) is 37.8 Å². The Kier molecular flexibility index (Phi) is 8.04. The lowest BCUT2D eigenvalue weighted by Gasteiger charge is -2.19. The molecule has 1 N–H and O–H groups in total. The predicted octanol–water partition coefficient (Wildman–Crippen LogP) is 2.87. The van der Waals surface area contributed by atoms with Crippen molar-refractivity contribution in [3.63, 3.8) is 0 Å². The highest BCUT2D eigenvalue weighted by Gasteiger charge is 2.24. The number of hydrogen-bond acceptors (Lipinski definition) is 5. The van der Waals surface area contributed by atoms with Crippen molar-refractivity contribution in [2.45, 2.75) is 62.3 Å². The average molecular weight is 435 g/mol. The van der Waals surface area contributed by atoms with Crippen LogP contribution in [0.1, 0.15) is 56.9 Å². The fourth-order valence-corrected chi connectivity index (χ4v) is 5.39.